The Morgan fingerprint density at radius 1 is 0.529 bits per heavy atom. The van der Waals surface area contributed by atoms with Gasteiger partial charge in [0.2, 0.25) is 0 Å². The van der Waals surface area contributed by atoms with Gasteiger partial charge in [0, 0.05) is 27.6 Å². The van der Waals surface area contributed by atoms with Gasteiger partial charge in [0.25, 0.3) is 0 Å². The van der Waals surface area contributed by atoms with Crippen molar-refractivity contribution in [1.82, 2.24) is 4.57 Å². The first-order valence-electron chi connectivity index (χ1n) is 17.6. The molecule has 2 aliphatic rings. The molecule has 1 aliphatic carbocycles. The van der Waals surface area contributed by atoms with Gasteiger partial charge in [-0.25, -0.2) is 0 Å². The molecule has 240 valence electrons. The first-order chi connectivity index (χ1) is 25.2. The van der Waals surface area contributed by atoms with E-state index >= 15 is 0 Å². The average Bonchev–Trinajstić information content (AvgIpc) is 3.69. The molecular formula is C49H34N2. The Morgan fingerprint density at radius 2 is 1.14 bits per heavy atom. The molecule has 0 saturated heterocycles. The molecule has 1 spiro atoms. The second-order valence-electron chi connectivity index (χ2n) is 13.6. The maximum Gasteiger partial charge on any atom is 0.0776 e. The van der Waals surface area contributed by atoms with Gasteiger partial charge in [-0.15, -0.1) is 0 Å². The van der Waals surface area contributed by atoms with Crippen LogP contribution in [-0.4, -0.2) is 10.3 Å². The molecule has 2 heterocycles. The largest absolute Gasteiger partial charge is 0.309 e. The second kappa shape index (κ2) is 11.3. The van der Waals surface area contributed by atoms with Crippen LogP contribution in [-0.2, 0) is 5.41 Å². The molecule has 1 unspecified atom stereocenters. The molecule has 7 aromatic carbocycles. The maximum atomic E-state index is 5.63. The number of hydrogen-bond acceptors (Lipinski definition) is 1. The predicted octanol–water partition coefficient (Wildman–Crippen LogP) is 12.0. The van der Waals surface area contributed by atoms with E-state index in [9.17, 15) is 0 Å². The first kappa shape index (κ1) is 29.4. The van der Waals surface area contributed by atoms with E-state index in [0.717, 1.165) is 39.2 Å². The quantitative estimate of drug-likeness (QED) is 0.165. The third kappa shape index (κ3) is 4.14. The van der Waals surface area contributed by atoms with Crippen LogP contribution in [0.4, 0.5) is 0 Å². The predicted molar refractivity (Wildman–Crippen MR) is 214 cm³/mol. The smallest absolute Gasteiger partial charge is 0.0776 e. The van der Waals surface area contributed by atoms with E-state index in [4.69, 9.17) is 11.6 Å². The van der Waals surface area contributed by atoms with Gasteiger partial charge in [-0.2, -0.15) is 0 Å². The number of rotatable bonds is 5. The zero-order valence-corrected chi connectivity index (χ0v) is 28.3. The Kier molecular flexibility index (Phi) is 6.50. The lowest BCUT2D eigenvalue weighted by Gasteiger charge is -2.41. The molecular weight excluding hydrogens is 617 g/mol. The summed E-state index contributed by atoms with van der Waals surface area (Å²) in [5, 5.41) is 2.51. The molecule has 1 aliphatic heterocycles. The summed E-state index contributed by atoms with van der Waals surface area (Å²) >= 11 is 0. The molecule has 0 N–H and O–H groups in total. The monoisotopic (exact) mass is 650 g/mol. The van der Waals surface area contributed by atoms with Crippen LogP contribution >= 0.6 is 0 Å². The molecule has 2 nitrogen and oxygen atoms in total. The summed E-state index contributed by atoms with van der Waals surface area (Å²) < 4.78 is 2.48. The van der Waals surface area contributed by atoms with Crippen LogP contribution in [0.2, 0.25) is 0 Å². The van der Waals surface area contributed by atoms with Crippen molar-refractivity contribution in [3.05, 3.63) is 221 Å². The van der Waals surface area contributed by atoms with E-state index < -0.39 is 5.41 Å². The molecule has 51 heavy (non-hydrogen) atoms. The van der Waals surface area contributed by atoms with Gasteiger partial charge in [-0.1, -0.05) is 170 Å². The summed E-state index contributed by atoms with van der Waals surface area (Å²) in [5.74, 6) is 0. The molecule has 1 atom stereocenters. The summed E-state index contributed by atoms with van der Waals surface area (Å²) in [7, 11) is 0. The van der Waals surface area contributed by atoms with Crippen molar-refractivity contribution in [3.63, 3.8) is 0 Å². The molecule has 0 saturated carbocycles. The summed E-state index contributed by atoms with van der Waals surface area (Å²) in [5.41, 5.74) is 16.5. The highest BCUT2D eigenvalue weighted by Crippen LogP contribution is 2.62. The summed E-state index contributed by atoms with van der Waals surface area (Å²) in [6.45, 7) is 7.05. The van der Waals surface area contributed by atoms with Gasteiger partial charge in [-0.05, 0) is 63.6 Å². The summed E-state index contributed by atoms with van der Waals surface area (Å²) in [4.78, 5) is 5.63. The van der Waals surface area contributed by atoms with Crippen molar-refractivity contribution >= 4 is 38.8 Å². The summed E-state index contributed by atoms with van der Waals surface area (Å²) in [6, 6.07) is 63.4. The van der Waals surface area contributed by atoms with E-state index in [1.807, 2.05) is 0 Å². The van der Waals surface area contributed by atoms with Crippen LogP contribution < -0.4 is 0 Å². The minimum absolute atomic E-state index is 0.653. The van der Waals surface area contributed by atoms with Gasteiger partial charge in [0.1, 0.15) is 0 Å². The Labute approximate surface area is 298 Å². The fourth-order valence-corrected chi connectivity index (χ4v) is 8.76. The number of nitrogens with zero attached hydrogens (tertiary/aromatic N) is 2. The Morgan fingerprint density at radius 3 is 1.94 bits per heavy atom. The lowest BCUT2D eigenvalue weighted by molar-refractivity contribution is 0.746. The molecule has 10 rings (SSSR count). The molecule has 0 fully saturated rings. The molecule has 2 heteroatoms. The molecule has 1 aromatic heterocycles. The van der Waals surface area contributed by atoms with Gasteiger partial charge in [0.15, 0.2) is 0 Å². The van der Waals surface area contributed by atoms with Crippen molar-refractivity contribution in [3.8, 4) is 16.8 Å². The molecule has 0 radical (unpaired) electrons. The number of benzene rings is 7. The fourth-order valence-electron chi connectivity index (χ4n) is 8.76. The number of para-hydroxylation sites is 3. The molecule has 8 aromatic rings. The van der Waals surface area contributed by atoms with Crippen molar-refractivity contribution in [2.75, 3.05) is 0 Å². The zero-order chi connectivity index (χ0) is 34.1. The van der Waals surface area contributed by atoms with Crippen molar-refractivity contribution in [2.24, 2.45) is 4.99 Å². The SMILES string of the molecule is C=C(C1=C(/N=C(\C)c2ccc(-c3ccccc3)cc2)c2ccccc2C12c1ccccc1-n1c3ccccc3c3cccc2c31)c1ccccc1. The van der Waals surface area contributed by atoms with Gasteiger partial charge in [0.05, 0.1) is 27.8 Å². The molecule has 0 amide bonds. The van der Waals surface area contributed by atoms with Crippen LogP contribution in [0.1, 0.15) is 40.3 Å². The lowest BCUT2D eigenvalue weighted by Crippen LogP contribution is -2.35. The average molecular weight is 651 g/mol. The lowest BCUT2D eigenvalue weighted by atomic mass is 9.63. The van der Waals surface area contributed by atoms with Crippen molar-refractivity contribution in [2.45, 2.75) is 12.3 Å². The number of allylic oxidation sites excluding steroid dienone is 2. The van der Waals surface area contributed by atoms with Gasteiger partial charge >= 0.3 is 0 Å². The molecule has 0 bridgehead atoms. The number of aliphatic imine (C=N–C) groups is 1. The first-order valence-corrected chi connectivity index (χ1v) is 17.6. The van der Waals surface area contributed by atoms with E-state index in [2.05, 4.69) is 187 Å². The number of fused-ring (bicyclic) bond motifs is 9. The van der Waals surface area contributed by atoms with Crippen LogP contribution in [0.5, 0.6) is 0 Å². The number of aromatic nitrogens is 1. The highest BCUT2D eigenvalue weighted by molar-refractivity contribution is 6.14. The minimum atomic E-state index is -0.653. The van der Waals surface area contributed by atoms with E-state index in [-0.39, 0.29) is 0 Å². The third-order valence-corrected chi connectivity index (χ3v) is 11.0. The van der Waals surface area contributed by atoms with E-state index in [1.54, 1.807) is 0 Å². The van der Waals surface area contributed by atoms with Crippen molar-refractivity contribution < 1.29 is 0 Å². The zero-order valence-electron chi connectivity index (χ0n) is 28.3. The van der Waals surface area contributed by atoms with Crippen LogP contribution in [0, 0.1) is 0 Å². The highest BCUT2D eigenvalue weighted by Gasteiger charge is 2.53. The van der Waals surface area contributed by atoms with Gasteiger partial charge in [-0.3, -0.25) is 4.99 Å². The van der Waals surface area contributed by atoms with Crippen LogP contribution in [0.25, 0.3) is 49.9 Å². The van der Waals surface area contributed by atoms with Crippen molar-refractivity contribution in [1.29, 1.82) is 0 Å². The number of hydrogen-bond donors (Lipinski definition) is 0. The Balaban J connectivity index is 1.31. The highest BCUT2D eigenvalue weighted by atomic mass is 15.0. The van der Waals surface area contributed by atoms with E-state index in [1.165, 1.54) is 55.3 Å². The summed E-state index contributed by atoms with van der Waals surface area (Å²) in [6.07, 6.45) is 0. The topological polar surface area (TPSA) is 17.3 Å². The standard InChI is InChI=1S/C49H34N2/c1-32(34-16-5-3-6-17-34)46-47(50-33(2)35-28-30-37(31-29-35)36-18-7-4-8-19-36)40-21-9-11-23-41(40)49(46)42-24-12-14-27-45(42)51-44-26-13-10-20-38(44)39-22-15-25-43(49)48(39)51/h3-31H,1H2,2H3/b50-33+. The van der Waals surface area contributed by atoms with E-state index in [0.29, 0.717) is 0 Å². The Bertz CT molecular complexity index is 2740. The van der Waals surface area contributed by atoms with Gasteiger partial charge < -0.3 is 4.57 Å². The van der Waals surface area contributed by atoms with Crippen LogP contribution in [0.3, 0.4) is 0 Å². The maximum absolute atomic E-state index is 5.63. The Hall–Kier alpha value is -6.51. The fraction of sp³-hybridized carbons (Fsp3) is 0.0408. The minimum Gasteiger partial charge on any atom is -0.309 e. The normalized spacial score (nSPS) is 16.1. The second-order valence-corrected chi connectivity index (χ2v) is 13.6. The van der Waals surface area contributed by atoms with Crippen LogP contribution in [0.15, 0.2) is 193 Å². The third-order valence-electron chi connectivity index (χ3n) is 11.0.